The zero-order chi connectivity index (χ0) is 89.6. The molecule has 0 aliphatic carbocycles. The molecule has 0 aromatic heterocycles. The van der Waals surface area contributed by atoms with E-state index in [1.54, 1.807) is 72.8 Å². The highest BCUT2D eigenvalue weighted by Gasteiger charge is 2.40. The molecule has 11 rings (SSSR count). The fraction of sp³-hybridized carbons (Fsp3) is 0.463. The molecule has 674 valence electrons. The third kappa shape index (κ3) is 30.7. The van der Waals surface area contributed by atoms with Crippen LogP contribution >= 0.6 is 69.6 Å². The van der Waals surface area contributed by atoms with Crippen LogP contribution in [0.3, 0.4) is 0 Å². The zero-order valence-electron chi connectivity index (χ0n) is 68.2. The quantitative estimate of drug-likeness (QED) is 0.0158. The second-order valence-corrected chi connectivity index (χ2v) is 36.6. The van der Waals surface area contributed by atoms with Crippen molar-refractivity contribution in [2.45, 2.75) is 104 Å². The summed E-state index contributed by atoms with van der Waals surface area (Å²) in [4.78, 5) is 107. The van der Waals surface area contributed by atoms with Crippen molar-refractivity contribution in [2.75, 3.05) is 159 Å². The predicted molar refractivity (Wildman–Crippen MR) is 460 cm³/mol. The Kier molecular flexibility index (Phi) is 41.4. The molecule has 5 aliphatic rings. The van der Waals surface area contributed by atoms with E-state index in [-0.39, 0.29) is 167 Å². The molecule has 2 saturated heterocycles. The Morgan fingerprint density at radius 3 is 1.15 bits per heavy atom. The summed E-state index contributed by atoms with van der Waals surface area (Å²) in [5.41, 5.74) is 14.0. The Morgan fingerprint density at radius 1 is 0.463 bits per heavy atom. The molecular weight excluding hydrogens is 1790 g/mol. The molecule has 2 fully saturated rings. The first-order chi connectivity index (χ1) is 58.6. The molecule has 0 saturated carbocycles. The number of nitrogens with two attached hydrogens (primary N) is 1. The van der Waals surface area contributed by atoms with Crippen LogP contribution in [-0.4, -0.2) is 256 Å². The first-order valence-electron chi connectivity index (χ1n) is 39.4. The van der Waals surface area contributed by atoms with Crippen LogP contribution in [-0.2, 0) is 126 Å². The maximum atomic E-state index is 13.2. The van der Waals surface area contributed by atoms with Crippen LogP contribution in [0.15, 0.2) is 124 Å². The van der Waals surface area contributed by atoms with Crippen molar-refractivity contribution in [1.82, 2.24) is 39.6 Å². The van der Waals surface area contributed by atoms with Gasteiger partial charge in [0, 0.05) is 159 Å². The van der Waals surface area contributed by atoms with Crippen LogP contribution in [0.1, 0.15) is 122 Å². The molecular formula is C82H102Cl6FN9O22S3. The van der Waals surface area contributed by atoms with Gasteiger partial charge in [-0.2, -0.15) is 0 Å². The van der Waals surface area contributed by atoms with Gasteiger partial charge in [0.15, 0.2) is 9.84 Å². The third-order valence-electron chi connectivity index (χ3n) is 19.4. The molecule has 0 radical (unpaired) electrons. The molecule has 0 spiro atoms. The lowest BCUT2D eigenvalue weighted by Crippen LogP contribution is -2.39. The number of benzene rings is 6. The smallest absolute Gasteiger partial charge is 0.379 e. The first-order valence-corrected chi connectivity index (χ1v) is 45.5. The summed E-state index contributed by atoms with van der Waals surface area (Å²) >= 11 is 38.4. The fourth-order valence-corrected chi connectivity index (χ4v) is 18.8. The number of likely N-dealkylation sites (N-methyl/N-ethyl adjacent to an activating group) is 3. The molecule has 3 atom stereocenters. The first kappa shape index (κ1) is 101. The minimum Gasteiger partial charge on any atom is -0.379 e. The number of carbonyl (C=O) groups excluding carboxylic acids is 8. The minimum absolute atomic E-state index is 0. The lowest BCUT2D eigenvalue weighted by molar-refractivity contribution is -0.215. The average Bonchev–Trinajstić information content (AvgIpc) is 0.995. The van der Waals surface area contributed by atoms with Gasteiger partial charge in [0.1, 0.15) is 0 Å². The maximum Gasteiger partial charge on any atom is 0.444 e. The summed E-state index contributed by atoms with van der Waals surface area (Å²) in [5.74, 6) is -8.02. The molecule has 5 heterocycles. The van der Waals surface area contributed by atoms with Crippen LogP contribution in [0.4, 0.5) is 4.39 Å². The number of rotatable bonds is 39. The highest BCUT2D eigenvalue weighted by molar-refractivity contribution is 7.91. The Hall–Kier alpha value is -7.28. The van der Waals surface area contributed by atoms with E-state index < -0.39 is 84.3 Å². The van der Waals surface area contributed by atoms with Gasteiger partial charge in [0.05, 0.1) is 95.0 Å². The SMILES string of the molecule is C.CN1Cc2c(Cl)cc(Cl)cc2C(c2cccc(S(=O)(=O)CCCOCCOCCNC(=O)C(=O)CCCOCCOCCNS(=O)(=O)c3cccc(C4CN(C)Cc5c(Cl)cc(Cl)cc54)c3)c2)C1.CN1Cc2c(Cl)cc(Cl)cc2C(c2cccc(S(=O)(=O)NCCOCCOCCN)c2)C1.O=C(ON1C(=O)CCC1=O)C(=O)ON1C(=O)CCC1=O.[2H]CF. The summed E-state index contributed by atoms with van der Waals surface area (Å²) in [7, 11) is -6.03. The molecule has 6 aromatic rings. The van der Waals surface area contributed by atoms with E-state index >= 15 is 0 Å². The van der Waals surface area contributed by atoms with Gasteiger partial charge in [-0.3, -0.25) is 33.2 Å². The molecule has 5 amide bonds. The van der Waals surface area contributed by atoms with E-state index in [0.29, 0.717) is 95.5 Å². The summed E-state index contributed by atoms with van der Waals surface area (Å²) in [5, 5.41) is 6.30. The van der Waals surface area contributed by atoms with Crippen LogP contribution in [0.25, 0.3) is 0 Å². The lowest BCUT2D eigenvalue weighted by Gasteiger charge is -2.33. The van der Waals surface area contributed by atoms with Crippen LogP contribution in [0.2, 0.25) is 30.1 Å². The molecule has 0 bridgehead atoms. The number of nitrogens with zero attached hydrogens (tertiary/aromatic N) is 5. The fourth-order valence-electron chi connectivity index (χ4n) is 13.6. The Balaban J connectivity index is 0.000000307. The van der Waals surface area contributed by atoms with Crippen LogP contribution < -0.4 is 20.5 Å². The molecule has 5 N–H and O–H groups in total. The summed E-state index contributed by atoms with van der Waals surface area (Å²) in [6.45, 7) is 8.27. The van der Waals surface area contributed by atoms with Gasteiger partial charge in [0.2, 0.25) is 25.8 Å². The molecule has 3 unspecified atom stereocenters. The number of Topliss-reactive ketones (excluding diaryl/α,β-unsaturated/α-hetero) is 1. The van der Waals surface area contributed by atoms with Gasteiger partial charge < -0.3 is 63.8 Å². The predicted octanol–water partition coefficient (Wildman–Crippen LogP) is 9.39. The monoisotopic (exact) mass is 1890 g/mol. The van der Waals surface area contributed by atoms with Gasteiger partial charge in [-0.05, 0) is 157 Å². The number of alkyl halides is 1. The number of ketones is 1. The van der Waals surface area contributed by atoms with Crippen molar-refractivity contribution in [3.63, 3.8) is 0 Å². The number of amides is 5. The Labute approximate surface area is 747 Å². The van der Waals surface area contributed by atoms with Gasteiger partial charge in [0.25, 0.3) is 29.5 Å². The van der Waals surface area contributed by atoms with Crippen molar-refractivity contribution >= 4 is 147 Å². The topological polar surface area (TPSA) is 391 Å². The molecule has 31 nitrogen and oxygen atoms in total. The van der Waals surface area contributed by atoms with Crippen molar-refractivity contribution in [3.8, 4) is 0 Å². The lowest BCUT2D eigenvalue weighted by atomic mass is 9.85. The standard InChI is InChI=1S/C48H58Cl4N4O10S2.C22H29Cl2N3O4S.C10H8N2O8.CH3F.CH4/c1-55-29-41(39-25-35(49)27-45(51)43(39)31-55)33-7-3-9-37(23-33)67(59,60)22-6-15-64-19-20-65-16-12-53-48(58)47(57)11-5-14-63-18-21-66-17-13-54-68(61,62)38-10-4-8-34(24-38)42-30-56(2)32-44-40(42)26-36(50)28-46(44)52;1-27-14-20(19-12-17(23)13-22(24)21(19)15-27)16-3-2-4-18(11-16)32(28,29)26-6-8-31-10-9-30-7-5-25;13-5-1-2-6(14)11(5)19-9(17)10(18)20-12-7(15)3-4-8(12)16;1-2;/h3-4,7-10,23-28,41-42,54H,5-6,11-22,29-32H2,1-2H3,(H,53,58);2-4,11-13,20,26H,5-10,14-15,25H2,1H3;1-4H2;1H3;1H4/i;;;1D;. The maximum absolute atomic E-state index is 13.2. The normalized spacial score (nSPS) is 16.8. The number of nitrogens with one attached hydrogen (secondary N) is 3. The minimum atomic E-state index is -3.81. The van der Waals surface area contributed by atoms with Crippen LogP contribution in [0.5, 0.6) is 0 Å². The highest BCUT2D eigenvalue weighted by Crippen LogP contribution is 2.42. The second kappa shape index (κ2) is 50.3. The number of halogens is 7. The highest BCUT2D eigenvalue weighted by atomic mass is 35.5. The summed E-state index contributed by atoms with van der Waals surface area (Å²) in [6.07, 6.45) is 0.114. The van der Waals surface area contributed by atoms with Gasteiger partial charge in [-0.25, -0.2) is 44.3 Å². The number of carbonyl (C=O) groups is 8. The van der Waals surface area contributed by atoms with Gasteiger partial charge in [-0.15, -0.1) is 10.1 Å². The van der Waals surface area contributed by atoms with Gasteiger partial charge >= 0.3 is 11.9 Å². The van der Waals surface area contributed by atoms with Crippen molar-refractivity contribution < 1.29 is 107 Å². The van der Waals surface area contributed by atoms with E-state index in [1.807, 2.05) is 57.5 Å². The van der Waals surface area contributed by atoms with Crippen molar-refractivity contribution in [3.05, 3.63) is 189 Å². The Bertz CT molecular complexity index is 4800. The van der Waals surface area contributed by atoms with Crippen molar-refractivity contribution in [2.24, 2.45) is 5.73 Å². The Morgan fingerprint density at radius 2 is 0.789 bits per heavy atom. The van der Waals surface area contributed by atoms with E-state index in [9.17, 15) is 68.0 Å². The van der Waals surface area contributed by atoms with Gasteiger partial charge in [-0.1, -0.05) is 113 Å². The molecule has 6 aromatic carbocycles. The number of imide groups is 2. The summed E-state index contributed by atoms with van der Waals surface area (Å²) < 4.78 is 132. The number of hydroxylamine groups is 4. The molecule has 41 heteroatoms. The number of hydrogen-bond donors (Lipinski definition) is 4. The number of ether oxygens (including phenoxy) is 6. The third-order valence-corrected chi connectivity index (χ3v) is 25.8. The van der Waals surface area contributed by atoms with Crippen molar-refractivity contribution in [1.29, 1.82) is 0 Å². The molecule has 5 aliphatic heterocycles. The number of fused-ring (bicyclic) bond motifs is 3. The van der Waals surface area contributed by atoms with Crippen LogP contribution in [0, 0.1) is 0 Å². The second-order valence-electron chi connectivity index (χ2n) is 28.5. The number of sulfone groups is 1. The summed E-state index contributed by atoms with van der Waals surface area (Å²) in [6, 6.07) is 31.8. The van der Waals surface area contributed by atoms with E-state index in [1.165, 1.54) is 0 Å². The molecule has 123 heavy (non-hydrogen) atoms. The zero-order valence-corrected chi connectivity index (χ0v) is 74.2. The average molecular weight is 1890 g/mol. The van der Waals surface area contributed by atoms with E-state index in [0.717, 1.165) is 63.2 Å². The number of hydrogen-bond acceptors (Lipinski definition) is 26. The largest absolute Gasteiger partial charge is 0.444 e. The van der Waals surface area contributed by atoms with E-state index in [4.69, 9.17) is 105 Å². The number of sulfonamides is 2. The van der Waals surface area contributed by atoms with E-state index in [2.05, 4.69) is 39.1 Å².